The number of likely N-dealkylation sites (tertiary alicyclic amines) is 1. The van der Waals surface area contributed by atoms with Crippen molar-refractivity contribution in [3.63, 3.8) is 0 Å². The van der Waals surface area contributed by atoms with Crippen molar-refractivity contribution in [3.8, 4) is 0 Å². The third kappa shape index (κ3) is 3.93. The summed E-state index contributed by atoms with van der Waals surface area (Å²) in [5.41, 5.74) is 0. The molecule has 1 aliphatic heterocycles. The quantitative estimate of drug-likeness (QED) is 0.774. The number of rotatable bonds is 6. The first-order chi connectivity index (χ1) is 9.22. The van der Waals surface area contributed by atoms with Crippen LogP contribution in [0.25, 0.3) is 0 Å². The van der Waals surface area contributed by atoms with Crippen LogP contribution in [0.5, 0.6) is 0 Å². The van der Waals surface area contributed by atoms with Gasteiger partial charge >= 0.3 is 5.97 Å². The molecule has 1 heterocycles. The minimum Gasteiger partial charge on any atom is -0.480 e. The first kappa shape index (κ1) is 14.8. The van der Waals surface area contributed by atoms with E-state index in [1.54, 1.807) is 0 Å². The molecule has 110 valence electrons. The van der Waals surface area contributed by atoms with E-state index in [9.17, 15) is 9.90 Å². The Balaban J connectivity index is 1.92. The highest BCUT2D eigenvalue weighted by Crippen LogP contribution is 2.35. The van der Waals surface area contributed by atoms with Crippen molar-refractivity contribution in [2.75, 3.05) is 19.6 Å². The zero-order chi connectivity index (χ0) is 13.7. The molecule has 2 rings (SSSR count). The fourth-order valence-corrected chi connectivity index (χ4v) is 3.74. The van der Waals surface area contributed by atoms with Crippen molar-refractivity contribution >= 4 is 5.97 Å². The molecule has 0 aromatic rings. The van der Waals surface area contributed by atoms with Gasteiger partial charge in [0.05, 0.1) is 0 Å². The lowest BCUT2D eigenvalue weighted by molar-refractivity contribution is -0.140. The highest BCUT2D eigenvalue weighted by molar-refractivity contribution is 5.73. The Bertz CT molecular complexity index is 294. The van der Waals surface area contributed by atoms with Gasteiger partial charge in [-0.3, -0.25) is 9.69 Å². The molecule has 0 radical (unpaired) electrons. The summed E-state index contributed by atoms with van der Waals surface area (Å²) in [6, 6.07) is 0.244. The fraction of sp³-hybridized carbons (Fsp3) is 0.933. The number of hydrogen-bond acceptors (Lipinski definition) is 3. The van der Waals surface area contributed by atoms with Gasteiger partial charge in [0.1, 0.15) is 6.04 Å². The monoisotopic (exact) mass is 268 g/mol. The van der Waals surface area contributed by atoms with Crippen molar-refractivity contribution < 1.29 is 9.90 Å². The van der Waals surface area contributed by atoms with Crippen LogP contribution in [-0.4, -0.2) is 47.7 Å². The van der Waals surface area contributed by atoms with Gasteiger partial charge in [-0.25, -0.2) is 0 Å². The van der Waals surface area contributed by atoms with E-state index in [-0.39, 0.29) is 0 Å². The molecule has 4 heteroatoms. The zero-order valence-electron chi connectivity index (χ0n) is 12.1. The standard InChI is InChI=1S/C15H28N2O2/c1-2-9-16-13(15(18)19)11-17-10-5-7-12-6-3-4-8-14(12)17/h12-14,16H,2-11H2,1H3,(H,18,19). The van der Waals surface area contributed by atoms with Gasteiger partial charge in [-0.1, -0.05) is 19.8 Å². The third-order valence-corrected chi connectivity index (χ3v) is 4.71. The topological polar surface area (TPSA) is 52.6 Å². The van der Waals surface area contributed by atoms with E-state index in [0.29, 0.717) is 12.6 Å². The van der Waals surface area contributed by atoms with Gasteiger partial charge in [-0.15, -0.1) is 0 Å². The number of piperidine rings is 1. The molecule has 0 spiro atoms. The first-order valence-electron chi connectivity index (χ1n) is 7.92. The number of aliphatic carboxylic acids is 1. The number of nitrogens with zero attached hydrogens (tertiary/aromatic N) is 1. The smallest absolute Gasteiger partial charge is 0.322 e. The van der Waals surface area contributed by atoms with Crippen LogP contribution in [0.2, 0.25) is 0 Å². The van der Waals surface area contributed by atoms with Crippen molar-refractivity contribution in [2.45, 2.75) is 64.0 Å². The summed E-state index contributed by atoms with van der Waals surface area (Å²) in [4.78, 5) is 13.8. The zero-order valence-corrected chi connectivity index (χ0v) is 12.1. The number of nitrogens with one attached hydrogen (secondary N) is 1. The maximum Gasteiger partial charge on any atom is 0.322 e. The molecule has 3 atom stereocenters. The maximum atomic E-state index is 11.3. The summed E-state index contributed by atoms with van der Waals surface area (Å²) in [7, 11) is 0. The first-order valence-corrected chi connectivity index (χ1v) is 7.92. The number of carboxylic acids is 1. The summed E-state index contributed by atoms with van der Waals surface area (Å²) in [5, 5.41) is 12.5. The molecule has 1 aliphatic carbocycles. The minimum absolute atomic E-state index is 0.402. The lowest BCUT2D eigenvalue weighted by Crippen LogP contribution is -2.54. The molecule has 2 fully saturated rings. The van der Waals surface area contributed by atoms with Crippen molar-refractivity contribution in [1.29, 1.82) is 0 Å². The van der Waals surface area contributed by atoms with Crippen LogP contribution in [0, 0.1) is 5.92 Å². The number of hydrogen-bond donors (Lipinski definition) is 2. The Kier molecular flexibility index (Phi) is 5.64. The highest BCUT2D eigenvalue weighted by Gasteiger charge is 2.34. The van der Waals surface area contributed by atoms with Crippen molar-refractivity contribution in [3.05, 3.63) is 0 Å². The van der Waals surface area contributed by atoms with Crippen LogP contribution in [0.1, 0.15) is 51.9 Å². The summed E-state index contributed by atoms with van der Waals surface area (Å²) < 4.78 is 0. The average molecular weight is 268 g/mol. The summed E-state index contributed by atoms with van der Waals surface area (Å²) >= 11 is 0. The molecule has 19 heavy (non-hydrogen) atoms. The number of carbonyl (C=O) groups is 1. The summed E-state index contributed by atoms with van der Waals surface area (Å²) in [6.45, 7) is 4.62. The molecule has 1 saturated heterocycles. The second-order valence-corrected chi connectivity index (χ2v) is 6.09. The van der Waals surface area contributed by atoms with Gasteiger partial charge < -0.3 is 10.4 Å². The third-order valence-electron chi connectivity index (χ3n) is 4.71. The van der Waals surface area contributed by atoms with Crippen LogP contribution in [0.15, 0.2) is 0 Å². The molecule has 0 bridgehead atoms. The molecule has 4 nitrogen and oxygen atoms in total. The average Bonchev–Trinajstić information content (AvgIpc) is 2.43. The van der Waals surface area contributed by atoms with Crippen LogP contribution in [-0.2, 0) is 4.79 Å². The van der Waals surface area contributed by atoms with Gasteiger partial charge in [-0.05, 0) is 51.1 Å². The van der Waals surface area contributed by atoms with Gasteiger partial charge in [0, 0.05) is 12.6 Å². The summed E-state index contributed by atoms with van der Waals surface area (Å²) in [6.07, 6.45) is 8.87. The molecule has 0 aromatic carbocycles. The van der Waals surface area contributed by atoms with Crippen LogP contribution in [0.3, 0.4) is 0 Å². The van der Waals surface area contributed by atoms with Gasteiger partial charge in [0.25, 0.3) is 0 Å². The van der Waals surface area contributed by atoms with Gasteiger partial charge in [0.2, 0.25) is 0 Å². The molecule has 2 N–H and O–H groups in total. The molecular weight excluding hydrogens is 240 g/mol. The summed E-state index contributed by atoms with van der Waals surface area (Å²) in [5.74, 6) is 0.120. The van der Waals surface area contributed by atoms with E-state index < -0.39 is 12.0 Å². The lowest BCUT2D eigenvalue weighted by atomic mass is 9.78. The largest absolute Gasteiger partial charge is 0.480 e. The lowest BCUT2D eigenvalue weighted by Gasteiger charge is -2.45. The van der Waals surface area contributed by atoms with E-state index in [4.69, 9.17) is 0 Å². The van der Waals surface area contributed by atoms with Gasteiger partial charge in [-0.2, -0.15) is 0 Å². The second-order valence-electron chi connectivity index (χ2n) is 6.09. The predicted octanol–water partition coefficient (Wildman–Crippen LogP) is 2.09. The maximum absolute atomic E-state index is 11.3. The van der Waals surface area contributed by atoms with E-state index in [1.165, 1.54) is 38.5 Å². The van der Waals surface area contributed by atoms with Crippen LogP contribution in [0.4, 0.5) is 0 Å². The molecule has 3 unspecified atom stereocenters. The van der Waals surface area contributed by atoms with E-state index >= 15 is 0 Å². The minimum atomic E-state index is -0.702. The Morgan fingerprint density at radius 2 is 2.05 bits per heavy atom. The molecule has 0 aromatic heterocycles. The van der Waals surface area contributed by atoms with Crippen LogP contribution < -0.4 is 5.32 Å². The molecule has 1 saturated carbocycles. The van der Waals surface area contributed by atoms with E-state index in [2.05, 4.69) is 17.1 Å². The predicted molar refractivity (Wildman–Crippen MR) is 76.3 cm³/mol. The molecule has 2 aliphatic rings. The van der Waals surface area contributed by atoms with Gasteiger partial charge in [0.15, 0.2) is 0 Å². The SMILES string of the molecule is CCCNC(CN1CCCC2CCCCC21)C(=O)O. The Labute approximate surface area is 116 Å². The Morgan fingerprint density at radius 1 is 1.32 bits per heavy atom. The normalized spacial score (nSPS) is 29.7. The molecular formula is C15H28N2O2. The Morgan fingerprint density at radius 3 is 2.79 bits per heavy atom. The van der Waals surface area contributed by atoms with Crippen molar-refractivity contribution in [2.24, 2.45) is 5.92 Å². The van der Waals surface area contributed by atoms with E-state index in [1.807, 2.05) is 0 Å². The highest BCUT2D eigenvalue weighted by atomic mass is 16.4. The number of fused-ring (bicyclic) bond motifs is 1. The van der Waals surface area contributed by atoms with Crippen molar-refractivity contribution in [1.82, 2.24) is 10.2 Å². The van der Waals surface area contributed by atoms with E-state index in [0.717, 1.165) is 25.4 Å². The fourth-order valence-electron chi connectivity index (χ4n) is 3.74. The van der Waals surface area contributed by atoms with Crippen LogP contribution >= 0.6 is 0 Å². The Hall–Kier alpha value is -0.610. The number of carboxylic acid groups (broad SMARTS) is 1. The molecule has 0 amide bonds. The second kappa shape index (κ2) is 7.25.